The number of pyridine rings is 1. The van der Waals surface area contributed by atoms with Crippen molar-refractivity contribution in [3.8, 4) is 0 Å². The second-order valence-electron chi connectivity index (χ2n) is 3.78. The highest BCUT2D eigenvalue weighted by molar-refractivity contribution is 5.41. The summed E-state index contributed by atoms with van der Waals surface area (Å²) < 4.78 is 41.7. The van der Waals surface area contributed by atoms with Crippen LogP contribution in [0.1, 0.15) is 11.5 Å². The summed E-state index contributed by atoms with van der Waals surface area (Å²) in [6.45, 7) is 0.0981. The van der Waals surface area contributed by atoms with Crippen molar-refractivity contribution in [1.82, 2.24) is 4.98 Å². The average Bonchev–Trinajstić information content (AvgIpc) is 2.85. The van der Waals surface area contributed by atoms with Crippen molar-refractivity contribution in [2.24, 2.45) is 0 Å². The zero-order valence-electron chi connectivity index (χ0n) is 9.85. The van der Waals surface area contributed by atoms with Gasteiger partial charge in [-0.1, -0.05) is 0 Å². The van der Waals surface area contributed by atoms with Crippen LogP contribution in [0.2, 0.25) is 0 Å². The molecular formula is C11H8F3N3O3. The molecule has 0 saturated carbocycles. The summed E-state index contributed by atoms with van der Waals surface area (Å²) >= 11 is 0. The summed E-state index contributed by atoms with van der Waals surface area (Å²) in [4.78, 5) is 13.0. The molecule has 0 amide bonds. The molecule has 2 rings (SSSR count). The zero-order valence-corrected chi connectivity index (χ0v) is 9.85. The standard InChI is InChI=1S/C11H8F3N3O3/c12-11(13,14)9-3-1-7(5-16-9)15-6-8-2-4-10(20-8)17(18)19/h1-5,15H,6H2. The Morgan fingerprint density at radius 2 is 2.05 bits per heavy atom. The SMILES string of the molecule is O=[N+]([O-])c1ccc(CNc2ccc(C(F)(F)F)nc2)o1. The van der Waals surface area contributed by atoms with Crippen LogP contribution in [0.25, 0.3) is 0 Å². The maximum Gasteiger partial charge on any atom is 0.433 e. The molecule has 1 N–H and O–H groups in total. The second-order valence-corrected chi connectivity index (χ2v) is 3.78. The molecule has 0 bridgehead atoms. The predicted molar refractivity (Wildman–Crippen MR) is 61.9 cm³/mol. The molecule has 0 aliphatic carbocycles. The molecule has 0 saturated heterocycles. The van der Waals surface area contributed by atoms with Gasteiger partial charge in [-0.05, 0) is 18.2 Å². The maximum absolute atomic E-state index is 12.3. The predicted octanol–water partition coefficient (Wildman–Crippen LogP) is 3.21. The van der Waals surface area contributed by atoms with Gasteiger partial charge < -0.3 is 9.73 Å². The number of nitro groups is 1. The Morgan fingerprint density at radius 3 is 2.55 bits per heavy atom. The van der Waals surface area contributed by atoms with Crippen molar-refractivity contribution in [2.75, 3.05) is 5.32 Å². The quantitative estimate of drug-likeness (QED) is 0.689. The van der Waals surface area contributed by atoms with E-state index in [-0.39, 0.29) is 12.3 Å². The lowest BCUT2D eigenvalue weighted by atomic mass is 10.3. The van der Waals surface area contributed by atoms with Gasteiger partial charge >= 0.3 is 12.1 Å². The van der Waals surface area contributed by atoms with E-state index in [0.717, 1.165) is 12.3 Å². The highest BCUT2D eigenvalue weighted by Crippen LogP contribution is 2.27. The van der Waals surface area contributed by atoms with Gasteiger partial charge in [0.25, 0.3) is 0 Å². The maximum atomic E-state index is 12.3. The van der Waals surface area contributed by atoms with Gasteiger partial charge in [-0.2, -0.15) is 13.2 Å². The number of aromatic nitrogens is 1. The minimum atomic E-state index is -4.49. The van der Waals surface area contributed by atoms with E-state index in [4.69, 9.17) is 4.42 Å². The van der Waals surface area contributed by atoms with Crippen LogP contribution >= 0.6 is 0 Å². The third-order valence-corrected chi connectivity index (χ3v) is 2.35. The second kappa shape index (κ2) is 5.19. The fourth-order valence-corrected chi connectivity index (χ4v) is 1.42. The van der Waals surface area contributed by atoms with Gasteiger partial charge in [-0.25, -0.2) is 4.98 Å². The third kappa shape index (κ3) is 3.25. The number of hydrogen-bond acceptors (Lipinski definition) is 5. The number of nitrogens with zero attached hydrogens (tertiary/aromatic N) is 2. The molecule has 9 heteroatoms. The molecule has 2 heterocycles. The minimum absolute atomic E-state index is 0.0981. The Hall–Kier alpha value is -2.58. The summed E-state index contributed by atoms with van der Waals surface area (Å²) in [5, 5.41) is 13.1. The van der Waals surface area contributed by atoms with E-state index in [0.29, 0.717) is 5.69 Å². The van der Waals surface area contributed by atoms with Crippen LogP contribution in [-0.2, 0) is 12.7 Å². The first-order chi connectivity index (χ1) is 9.36. The summed E-state index contributed by atoms with van der Waals surface area (Å²) in [7, 11) is 0. The van der Waals surface area contributed by atoms with E-state index in [9.17, 15) is 23.3 Å². The van der Waals surface area contributed by atoms with Crippen molar-refractivity contribution < 1.29 is 22.5 Å². The number of halogens is 3. The molecule has 106 valence electrons. The van der Waals surface area contributed by atoms with Crippen molar-refractivity contribution in [1.29, 1.82) is 0 Å². The highest BCUT2D eigenvalue weighted by atomic mass is 19.4. The topological polar surface area (TPSA) is 81.2 Å². The number of nitrogens with one attached hydrogen (secondary N) is 1. The average molecular weight is 287 g/mol. The summed E-state index contributed by atoms with van der Waals surface area (Å²) in [5.41, 5.74) is -0.645. The molecule has 2 aromatic heterocycles. The molecule has 6 nitrogen and oxygen atoms in total. The van der Waals surface area contributed by atoms with Gasteiger partial charge in [0.15, 0.2) is 0 Å². The number of rotatable bonds is 4. The Morgan fingerprint density at radius 1 is 1.30 bits per heavy atom. The van der Waals surface area contributed by atoms with Crippen LogP contribution in [-0.4, -0.2) is 9.91 Å². The number of anilines is 1. The van der Waals surface area contributed by atoms with E-state index in [1.165, 1.54) is 18.2 Å². The molecule has 0 atom stereocenters. The fourth-order valence-electron chi connectivity index (χ4n) is 1.42. The van der Waals surface area contributed by atoms with Crippen LogP contribution in [0.4, 0.5) is 24.7 Å². The van der Waals surface area contributed by atoms with Crippen LogP contribution in [0, 0.1) is 10.1 Å². The van der Waals surface area contributed by atoms with E-state index < -0.39 is 22.7 Å². The number of alkyl halides is 3. The van der Waals surface area contributed by atoms with Crippen molar-refractivity contribution in [2.45, 2.75) is 12.7 Å². The smallest absolute Gasteiger partial charge is 0.404 e. The van der Waals surface area contributed by atoms with Crippen molar-refractivity contribution in [3.63, 3.8) is 0 Å². The molecule has 0 aromatic carbocycles. The lowest BCUT2D eigenvalue weighted by Gasteiger charge is -2.07. The molecular weight excluding hydrogens is 279 g/mol. The van der Waals surface area contributed by atoms with Crippen LogP contribution in [0.5, 0.6) is 0 Å². The fraction of sp³-hybridized carbons (Fsp3) is 0.182. The Bertz CT molecular complexity index is 607. The lowest BCUT2D eigenvalue weighted by Crippen LogP contribution is -2.08. The molecule has 0 aliphatic heterocycles. The Kier molecular flexibility index (Phi) is 3.59. The van der Waals surface area contributed by atoms with Gasteiger partial charge in [0.1, 0.15) is 16.4 Å². The van der Waals surface area contributed by atoms with E-state index in [1.807, 2.05) is 0 Å². The highest BCUT2D eigenvalue weighted by Gasteiger charge is 2.31. The number of furan rings is 1. The molecule has 0 radical (unpaired) electrons. The summed E-state index contributed by atoms with van der Waals surface area (Å²) in [6.07, 6.45) is -3.46. The molecule has 2 aromatic rings. The molecule has 0 fully saturated rings. The Labute approximate surface area is 110 Å². The summed E-state index contributed by atoms with van der Waals surface area (Å²) in [5.74, 6) is -0.107. The number of hydrogen-bond donors (Lipinski definition) is 1. The van der Waals surface area contributed by atoms with Crippen molar-refractivity contribution in [3.05, 3.63) is 52.0 Å². The van der Waals surface area contributed by atoms with Gasteiger partial charge in [0.05, 0.1) is 24.5 Å². The van der Waals surface area contributed by atoms with E-state index >= 15 is 0 Å². The van der Waals surface area contributed by atoms with Crippen LogP contribution in [0.15, 0.2) is 34.9 Å². The van der Waals surface area contributed by atoms with Crippen molar-refractivity contribution >= 4 is 11.6 Å². The first-order valence-corrected chi connectivity index (χ1v) is 5.36. The van der Waals surface area contributed by atoms with Crippen LogP contribution in [0.3, 0.4) is 0 Å². The first-order valence-electron chi connectivity index (χ1n) is 5.36. The minimum Gasteiger partial charge on any atom is -0.404 e. The third-order valence-electron chi connectivity index (χ3n) is 2.35. The molecule has 20 heavy (non-hydrogen) atoms. The summed E-state index contributed by atoms with van der Waals surface area (Å²) in [6, 6.07) is 4.66. The molecule has 0 spiro atoms. The largest absolute Gasteiger partial charge is 0.433 e. The van der Waals surface area contributed by atoms with Gasteiger partial charge in [-0.3, -0.25) is 10.1 Å². The monoisotopic (exact) mass is 287 g/mol. The zero-order chi connectivity index (χ0) is 14.8. The van der Waals surface area contributed by atoms with E-state index in [1.54, 1.807) is 0 Å². The van der Waals surface area contributed by atoms with Gasteiger partial charge in [0.2, 0.25) is 0 Å². The van der Waals surface area contributed by atoms with E-state index in [2.05, 4.69) is 10.3 Å². The normalized spacial score (nSPS) is 11.3. The molecule has 0 unspecified atom stereocenters. The van der Waals surface area contributed by atoms with Gasteiger partial charge in [0, 0.05) is 0 Å². The Balaban J connectivity index is 1.98. The lowest BCUT2D eigenvalue weighted by molar-refractivity contribution is -0.402. The first kappa shape index (κ1) is 13.8. The van der Waals surface area contributed by atoms with Crippen LogP contribution < -0.4 is 5.32 Å². The van der Waals surface area contributed by atoms with Gasteiger partial charge in [-0.15, -0.1) is 0 Å². The molecule has 0 aliphatic rings.